The minimum Gasteiger partial charge on any atom is -0.494 e. The summed E-state index contributed by atoms with van der Waals surface area (Å²) in [7, 11) is 0. The molecule has 0 N–H and O–H groups in total. The van der Waals surface area contributed by atoms with E-state index < -0.39 is 6.04 Å². The second-order valence-corrected chi connectivity index (χ2v) is 8.61. The van der Waals surface area contributed by atoms with Gasteiger partial charge in [-0.3, -0.25) is 14.5 Å². The van der Waals surface area contributed by atoms with Gasteiger partial charge in [0, 0.05) is 37.3 Å². The van der Waals surface area contributed by atoms with Gasteiger partial charge in [-0.25, -0.2) is 0 Å². The maximum atomic E-state index is 13.6. The van der Waals surface area contributed by atoms with Gasteiger partial charge >= 0.3 is 0 Å². The Labute approximate surface area is 196 Å². The van der Waals surface area contributed by atoms with Crippen molar-refractivity contribution in [2.45, 2.75) is 13.0 Å². The second kappa shape index (κ2) is 9.17. The third-order valence-corrected chi connectivity index (χ3v) is 6.45. The predicted molar refractivity (Wildman–Crippen MR) is 125 cm³/mol. The zero-order chi connectivity index (χ0) is 22.9. The number of hydrogen-bond donors (Lipinski definition) is 0. The van der Waals surface area contributed by atoms with Crippen LogP contribution in [0.5, 0.6) is 5.75 Å². The number of nitrogens with zero attached hydrogens (tertiary/aromatic N) is 2. The Hall–Kier alpha value is -2.87. The maximum absolute atomic E-state index is 13.6. The lowest BCUT2D eigenvalue weighted by molar-refractivity contribution is 0.0314. The largest absolute Gasteiger partial charge is 0.494 e. The van der Waals surface area contributed by atoms with Crippen molar-refractivity contribution in [3.8, 4) is 5.75 Å². The topological polar surface area (TPSA) is 72.2 Å². The van der Waals surface area contributed by atoms with Crippen LogP contribution in [0.1, 0.15) is 34.6 Å². The number of amides is 1. The average molecular weight is 469 g/mol. The molecule has 0 spiro atoms. The smallest absolute Gasteiger partial charge is 0.290 e. The summed E-state index contributed by atoms with van der Waals surface area (Å²) in [4.78, 5) is 31.1. The Morgan fingerprint density at radius 2 is 1.82 bits per heavy atom. The molecule has 172 valence electrons. The van der Waals surface area contributed by atoms with E-state index in [0.717, 1.165) is 18.7 Å². The normalized spacial score (nSPS) is 18.7. The Bertz CT molecular complexity index is 1230. The van der Waals surface area contributed by atoms with E-state index >= 15 is 0 Å². The van der Waals surface area contributed by atoms with Crippen molar-refractivity contribution in [2.75, 3.05) is 46.0 Å². The molecule has 1 amide bonds. The Morgan fingerprint density at radius 1 is 1.06 bits per heavy atom. The number of halogens is 1. The lowest BCUT2D eigenvalue weighted by Gasteiger charge is -2.31. The fraction of sp³-hybridized carbons (Fsp3) is 0.360. The summed E-state index contributed by atoms with van der Waals surface area (Å²) >= 11 is 6.11. The first-order chi connectivity index (χ1) is 16.1. The molecule has 7 nitrogen and oxygen atoms in total. The number of benzene rings is 2. The van der Waals surface area contributed by atoms with Gasteiger partial charge < -0.3 is 18.8 Å². The summed E-state index contributed by atoms with van der Waals surface area (Å²) in [5.41, 5.74) is 1.35. The van der Waals surface area contributed by atoms with Crippen molar-refractivity contribution in [3.05, 3.63) is 74.6 Å². The molecule has 3 heterocycles. The standard InChI is InChI=1S/C25H25ClN2O5/c1-2-32-18-7-8-19-20(15-18)33-24-21(23(19)29)22(16-3-5-17(26)6-4-16)28(25(24)30)10-9-27-11-13-31-14-12-27/h3-8,15,22H,2,9-14H2,1H3. The molecule has 1 atom stereocenters. The number of morpholine rings is 1. The molecule has 8 heteroatoms. The number of hydrogen-bond acceptors (Lipinski definition) is 6. The van der Waals surface area contributed by atoms with Gasteiger partial charge in [-0.2, -0.15) is 0 Å². The van der Waals surface area contributed by atoms with Crippen LogP contribution in [0, 0.1) is 0 Å². The Kier molecular flexibility index (Phi) is 6.10. The lowest BCUT2D eigenvalue weighted by atomic mass is 9.98. The highest BCUT2D eigenvalue weighted by Crippen LogP contribution is 2.38. The van der Waals surface area contributed by atoms with Crippen LogP contribution < -0.4 is 10.2 Å². The van der Waals surface area contributed by atoms with Crippen LogP contribution in [0.25, 0.3) is 11.0 Å². The molecule has 1 unspecified atom stereocenters. The summed E-state index contributed by atoms with van der Waals surface area (Å²) in [6.45, 7) is 6.55. The molecule has 1 fully saturated rings. The van der Waals surface area contributed by atoms with Crippen LogP contribution in [0.4, 0.5) is 0 Å². The van der Waals surface area contributed by atoms with Crippen LogP contribution in [0.15, 0.2) is 51.7 Å². The fourth-order valence-electron chi connectivity index (χ4n) is 4.55. The first-order valence-electron chi connectivity index (χ1n) is 11.2. The molecule has 5 rings (SSSR count). The minimum atomic E-state index is -0.530. The van der Waals surface area contributed by atoms with E-state index in [1.807, 2.05) is 19.1 Å². The van der Waals surface area contributed by atoms with E-state index in [9.17, 15) is 9.59 Å². The molecule has 2 aliphatic heterocycles. The number of carbonyl (C=O) groups excluding carboxylic acids is 1. The van der Waals surface area contributed by atoms with Crippen LogP contribution in [-0.2, 0) is 4.74 Å². The van der Waals surface area contributed by atoms with Gasteiger partial charge in [-0.1, -0.05) is 23.7 Å². The molecule has 2 aliphatic rings. The van der Waals surface area contributed by atoms with E-state index in [-0.39, 0.29) is 17.1 Å². The van der Waals surface area contributed by atoms with Crippen LogP contribution in [-0.4, -0.2) is 61.7 Å². The van der Waals surface area contributed by atoms with E-state index in [2.05, 4.69) is 4.90 Å². The summed E-state index contributed by atoms with van der Waals surface area (Å²) < 4.78 is 17.0. The zero-order valence-corrected chi connectivity index (χ0v) is 19.1. The predicted octanol–water partition coefficient (Wildman–Crippen LogP) is 3.72. The first-order valence-corrected chi connectivity index (χ1v) is 11.5. The molecule has 2 aromatic carbocycles. The van der Waals surface area contributed by atoms with Gasteiger partial charge in [0.05, 0.1) is 36.8 Å². The molecule has 0 radical (unpaired) electrons. The van der Waals surface area contributed by atoms with Crippen molar-refractivity contribution < 1.29 is 18.7 Å². The number of fused-ring (bicyclic) bond motifs is 2. The van der Waals surface area contributed by atoms with Gasteiger partial charge in [0.15, 0.2) is 5.43 Å². The van der Waals surface area contributed by atoms with Gasteiger partial charge in [0.1, 0.15) is 11.3 Å². The third-order valence-electron chi connectivity index (χ3n) is 6.20. The minimum absolute atomic E-state index is 0.100. The number of ether oxygens (including phenoxy) is 2. The highest BCUT2D eigenvalue weighted by Gasteiger charge is 2.42. The molecular formula is C25H25ClN2O5. The van der Waals surface area contributed by atoms with Gasteiger partial charge in [0.2, 0.25) is 5.76 Å². The van der Waals surface area contributed by atoms with Crippen LogP contribution in [0.2, 0.25) is 5.02 Å². The van der Waals surface area contributed by atoms with E-state index in [1.54, 1.807) is 35.2 Å². The molecular weight excluding hydrogens is 444 g/mol. The molecule has 0 aliphatic carbocycles. The van der Waals surface area contributed by atoms with Crippen molar-refractivity contribution >= 4 is 28.5 Å². The summed E-state index contributed by atoms with van der Waals surface area (Å²) in [5.74, 6) is 0.416. The summed E-state index contributed by atoms with van der Waals surface area (Å²) in [5, 5.41) is 1.02. The second-order valence-electron chi connectivity index (χ2n) is 8.17. The van der Waals surface area contributed by atoms with Crippen LogP contribution in [0.3, 0.4) is 0 Å². The van der Waals surface area contributed by atoms with E-state index in [4.69, 9.17) is 25.5 Å². The summed E-state index contributed by atoms with van der Waals surface area (Å²) in [6, 6.07) is 11.9. The van der Waals surface area contributed by atoms with Crippen LogP contribution >= 0.6 is 11.6 Å². The van der Waals surface area contributed by atoms with Gasteiger partial charge in [-0.15, -0.1) is 0 Å². The van der Waals surface area contributed by atoms with Gasteiger partial charge in [-0.05, 0) is 36.8 Å². The average Bonchev–Trinajstić information content (AvgIpc) is 3.11. The summed E-state index contributed by atoms with van der Waals surface area (Å²) in [6.07, 6.45) is 0. The first kappa shape index (κ1) is 21.9. The maximum Gasteiger partial charge on any atom is 0.290 e. The zero-order valence-electron chi connectivity index (χ0n) is 18.4. The van der Waals surface area contributed by atoms with E-state index in [1.165, 1.54) is 0 Å². The molecule has 1 saturated heterocycles. The molecule has 0 saturated carbocycles. The fourth-order valence-corrected chi connectivity index (χ4v) is 4.68. The molecule has 33 heavy (non-hydrogen) atoms. The van der Waals surface area contributed by atoms with Crippen molar-refractivity contribution in [3.63, 3.8) is 0 Å². The number of rotatable bonds is 6. The Morgan fingerprint density at radius 3 is 2.55 bits per heavy atom. The monoisotopic (exact) mass is 468 g/mol. The highest BCUT2D eigenvalue weighted by molar-refractivity contribution is 6.30. The van der Waals surface area contributed by atoms with Crippen molar-refractivity contribution in [1.82, 2.24) is 9.80 Å². The van der Waals surface area contributed by atoms with Gasteiger partial charge in [0.25, 0.3) is 5.91 Å². The third kappa shape index (κ3) is 4.12. The molecule has 3 aromatic rings. The lowest BCUT2D eigenvalue weighted by Crippen LogP contribution is -2.42. The van der Waals surface area contributed by atoms with Crippen molar-refractivity contribution in [1.29, 1.82) is 0 Å². The van der Waals surface area contributed by atoms with Crippen molar-refractivity contribution in [2.24, 2.45) is 0 Å². The highest BCUT2D eigenvalue weighted by atomic mass is 35.5. The molecule has 1 aromatic heterocycles. The Balaban J connectivity index is 1.58. The number of carbonyl (C=O) groups is 1. The van der Waals surface area contributed by atoms with E-state index in [0.29, 0.717) is 60.2 Å². The molecule has 0 bridgehead atoms. The SMILES string of the molecule is CCOc1ccc2c(=O)c3c(oc2c1)C(=O)N(CCN1CCOCC1)C3c1ccc(Cl)cc1. The quantitative estimate of drug-likeness (QED) is 0.549.